The number of benzene rings is 2. The molecule has 2 aliphatic rings. The van der Waals surface area contributed by atoms with Gasteiger partial charge in [-0.25, -0.2) is 0 Å². The third-order valence-corrected chi connectivity index (χ3v) is 4.28. The quantitative estimate of drug-likeness (QED) is 0.678. The van der Waals surface area contributed by atoms with Crippen LogP contribution in [0.4, 0.5) is 0 Å². The molecule has 1 nitrogen and oxygen atoms in total. The molecule has 0 radical (unpaired) electrons. The summed E-state index contributed by atoms with van der Waals surface area (Å²) < 4.78 is 0. The highest BCUT2D eigenvalue weighted by Crippen LogP contribution is 2.38. The van der Waals surface area contributed by atoms with Crippen molar-refractivity contribution in [1.29, 1.82) is 0 Å². The maximum absolute atomic E-state index is 3.59. The first-order valence-electron chi connectivity index (χ1n) is 6.86. The Hall–Kier alpha value is -1.60. The molecule has 0 aromatic heterocycles. The second-order valence-electron chi connectivity index (χ2n) is 5.40. The predicted octanol–water partition coefficient (Wildman–Crippen LogP) is 3.68. The van der Waals surface area contributed by atoms with Gasteiger partial charge in [0.2, 0.25) is 0 Å². The van der Waals surface area contributed by atoms with E-state index in [1.165, 1.54) is 47.2 Å². The smallest absolute Gasteiger partial charge is 0.0320 e. The summed E-state index contributed by atoms with van der Waals surface area (Å²) >= 11 is 0. The summed E-state index contributed by atoms with van der Waals surface area (Å²) in [5.74, 6) is 0. The highest BCUT2D eigenvalue weighted by molar-refractivity contribution is 5.77. The second kappa shape index (κ2) is 3.96. The molecule has 2 aromatic rings. The van der Waals surface area contributed by atoms with Crippen LogP contribution in [0.1, 0.15) is 35.6 Å². The third kappa shape index (κ3) is 1.51. The van der Waals surface area contributed by atoms with Crippen molar-refractivity contribution >= 4 is 0 Å². The number of nitrogens with one attached hydrogen (secondary N) is 1. The molecular formula is C17H17N. The predicted molar refractivity (Wildman–Crippen MR) is 74.7 cm³/mol. The monoisotopic (exact) mass is 235 g/mol. The molecule has 1 heterocycles. The van der Waals surface area contributed by atoms with Gasteiger partial charge in [-0.15, -0.1) is 0 Å². The fourth-order valence-corrected chi connectivity index (χ4v) is 3.35. The van der Waals surface area contributed by atoms with Crippen molar-refractivity contribution in [2.75, 3.05) is 6.54 Å². The minimum absolute atomic E-state index is 0.582. The molecule has 4 rings (SSSR count). The molecule has 1 saturated heterocycles. The molecule has 90 valence electrons. The average Bonchev–Trinajstić information content (AvgIpc) is 3.05. The Labute approximate surface area is 108 Å². The van der Waals surface area contributed by atoms with Gasteiger partial charge in [0.1, 0.15) is 0 Å². The van der Waals surface area contributed by atoms with E-state index >= 15 is 0 Å². The maximum Gasteiger partial charge on any atom is 0.0320 e. The third-order valence-electron chi connectivity index (χ3n) is 4.28. The van der Waals surface area contributed by atoms with E-state index in [-0.39, 0.29) is 0 Å². The highest BCUT2D eigenvalue weighted by atomic mass is 14.9. The van der Waals surface area contributed by atoms with Crippen LogP contribution in [-0.4, -0.2) is 6.54 Å². The summed E-state index contributed by atoms with van der Waals surface area (Å²) in [6, 6.07) is 16.4. The lowest BCUT2D eigenvalue weighted by atomic mass is 9.99. The summed E-state index contributed by atoms with van der Waals surface area (Å²) in [4.78, 5) is 0. The van der Waals surface area contributed by atoms with Gasteiger partial charge in [-0.05, 0) is 53.6 Å². The molecule has 1 fully saturated rings. The van der Waals surface area contributed by atoms with E-state index in [4.69, 9.17) is 0 Å². The second-order valence-corrected chi connectivity index (χ2v) is 5.40. The highest BCUT2D eigenvalue weighted by Gasteiger charge is 2.21. The molecule has 0 spiro atoms. The summed E-state index contributed by atoms with van der Waals surface area (Å²) in [6.07, 6.45) is 3.69. The molecule has 1 N–H and O–H groups in total. The molecular weight excluding hydrogens is 218 g/mol. The number of hydrogen-bond acceptors (Lipinski definition) is 1. The van der Waals surface area contributed by atoms with Crippen molar-refractivity contribution in [3.8, 4) is 11.1 Å². The molecule has 0 unspecified atom stereocenters. The molecule has 0 bridgehead atoms. The summed E-state index contributed by atoms with van der Waals surface area (Å²) in [7, 11) is 0. The fourth-order valence-electron chi connectivity index (χ4n) is 3.35. The lowest BCUT2D eigenvalue weighted by Crippen LogP contribution is -2.12. The molecule has 0 amide bonds. The lowest BCUT2D eigenvalue weighted by Gasteiger charge is -2.12. The zero-order chi connectivity index (χ0) is 11.9. The van der Waals surface area contributed by atoms with Gasteiger partial charge in [0.25, 0.3) is 0 Å². The summed E-state index contributed by atoms with van der Waals surface area (Å²) in [6.45, 7) is 1.17. The van der Waals surface area contributed by atoms with Crippen molar-refractivity contribution in [2.24, 2.45) is 0 Å². The first-order valence-corrected chi connectivity index (χ1v) is 6.86. The Morgan fingerprint density at radius 3 is 2.72 bits per heavy atom. The Bertz CT molecular complexity index is 594. The van der Waals surface area contributed by atoms with Gasteiger partial charge in [-0.3, -0.25) is 0 Å². The van der Waals surface area contributed by atoms with E-state index in [9.17, 15) is 0 Å². The van der Waals surface area contributed by atoms with E-state index in [1.54, 1.807) is 0 Å². The van der Waals surface area contributed by atoms with Gasteiger partial charge in [0.15, 0.2) is 0 Å². The number of hydrogen-bond donors (Lipinski definition) is 1. The SMILES string of the molecule is c1ccc2c(c1)Cc1cc([C@@H]3CCCN3)ccc1-2. The molecule has 1 aliphatic carbocycles. The standard InChI is InChI=1S/C17H17N/c1-2-5-15-12(4-1)10-14-11-13(7-8-16(14)15)17-6-3-9-18-17/h1-2,4-5,7-8,11,17-18H,3,6,9-10H2/t17-/m0/s1. The maximum atomic E-state index is 3.59. The van der Waals surface area contributed by atoms with E-state index in [1.807, 2.05) is 0 Å². The lowest BCUT2D eigenvalue weighted by molar-refractivity contribution is 0.647. The van der Waals surface area contributed by atoms with Crippen molar-refractivity contribution in [3.63, 3.8) is 0 Å². The van der Waals surface area contributed by atoms with Crippen LogP contribution in [0.15, 0.2) is 42.5 Å². The minimum Gasteiger partial charge on any atom is -0.310 e. The molecule has 1 atom stereocenters. The first-order chi connectivity index (χ1) is 8.92. The van der Waals surface area contributed by atoms with Gasteiger partial charge in [0.05, 0.1) is 0 Å². The van der Waals surface area contributed by atoms with Gasteiger partial charge in [-0.1, -0.05) is 42.5 Å². The summed E-state index contributed by atoms with van der Waals surface area (Å²) in [5, 5.41) is 3.59. The van der Waals surface area contributed by atoms with Crippen LogP contribution in [-0.2, 0) is 6.42 Å². The van der Waals surface area contributed by atoms with Crippen LogP contribution in [0.25, 0.3) is 11.1 Å². The van der Waals surface area contributed by atoms with E-state index in [0.717, 1.165) is 6.42 Å². The van der Waals surface area contributed by atoms with E-state index in [2.05, 4.69) is 47.8 Å². The van der Waals surface area contributed by atoms with Crippen LogP contribution >= 0.6 is 0 Å². The zero-order valence-corrected chi connectivity index (χ0v) is 10.4. The van der Waals surface area contributed by atoms with Crippen LogP contribution in [0.5, 0.6) is 0 Å². The van der Waals surface area contributed by atoms with Gasteiger partial charge in [-0.2, -0.15) is 0 Å². The van der Waals surface area contributed by atoms with E-state index < -0.39 is 0 Å². The van der Waals surface area contributed by atoms with Crippen molar-refractivity contribution in [2.45, 2.75) is 25.3 Å². The Morgan fingerprint density at radius 1 is 0.944 bits per heavy atom. The largest absolute Gasteiger partial charge is 0.310 e. The molecule has 18 heavy (non-hydrogen) atoms. The molecule has 1 aliphatic heterocycles. The Balaban J connectivity index is 1.76. The minimum atomic E-state index is 0.582. The van der Waals surface area contributed by atoms with Crippen molar-refractivity contribution < 1.29 is 0 Å². The van der Waals surface area contributed by atoms with Gasteiger partial charge in [0, 0.05) is 6.04 Å². The van der Waals surface area contributed by atoms with Crippen molar-refractivity contribution in [1.82, 2.24) is 5.32 Å². The molecule has 2 aromatic carbocycles. The van der Waals surface area contributed by atoms with Crippen LogP contribution in [0.3, 0.4) is 0 Å². The summed E-state index contributed by atoms with van der Waals surface area (Å²) in [5.41, 5.74) is 7.32. The van der Waals surface area contributed by atoms with Crippen molar-refractivity contribution in [3.05, 3.63) is 59.2 Å². The van der Waals surface area contributed by atoms with Crippen LogP contribution in [0.2, 0.25) is 0 Å². The Morgan fingerprint density at radius 2 is 1.83 bits per heavy atom. The number of fused-ring (bicyclic) bond motifs is 3. The Kier molecular flexibility index (Phi) is 2.27. The van der Waals surface area contributed by atoms with Crippen LogP contribution < -0.4 is 5.32 Å². The fraction of sp³-hybridized carbons (Fsp3) is 0.294. The molecule has 1 heteroatoms. The average molecular weight is 235 g/mol. The number of rotatable bonds is 1. The zero-order valence-electron chi connectivity index (χ0n) is 10.4. The van der Waals surface area contributed by atoms with Crippen LogP contribution in [0, 0.1) is 0 Å². The normalized spacial score (nSPS) is 20.8. The molecule has 0 saturated carbocycles. The first kappa shape index (κ1) is 10.3. The van der Waals surface area contributed by atoms with E-state index in [0.29, 0.717) is 6.04 Å². The van der Waals surface area contributed by atoms with Gasteiger partial charge < -0.3 is 5.32 Å². The topological polar surface area (TPSA) is 12.0 Å². The van der Waals surface area contributed by atoms with Gasteiger partial charge >= 0.3 is 0 Å².